The SMILES string of the molecule is CCOc1ccc(NC(=O)COC(=O)c2cc(OC)c3c(c2)OCCO3)c([N+](=O)[O-])c1. The molecule has 0 radical (unpaired) electrons. The molecule has 11 heteroatoms. The summed E-state index contributed by atoms with van der Waals surface area (Å²) in [6, 6.07) is 6.86. The third kappa shape index (κ3) is 5.13. The number of nitrogens with zero attached hydrogens (tertiary/aromatic N) is 1. The number of hydrogen-bond donors (Lipinski definition) is 1. The van der Waals surface area contributed by atoms with Crippen LogP contribution in [0.1, 0.15) is 17.3 Å². The molecular formula is C20H20N2O9. The largest absolute Gasteiger partial charge is 0.494 e. The fourth-order valence-corrected chi connectivity index (χ4v) is 2.82. The number of fused-ring (bicyclic) bond motifs is 1. The molecule has 1 aliphatic rings. The standard InChI is InChI=1S/C20H20N2O9/c1-3-28-13-4-5-14(15(10-13)22(25)26)21-18(23)11-31-20(24)12-8-16(27-2)19-17(9-12)29-6-7-30-19/h4-5,8-10H,3,6-7,11H2,1-2H3,(H,21,23). The molecule has 2 aromatic carbocycles. The lowest BCUT2D eigenvalue weighted by Gasteiger charge is -2.21. The maximum atomic E-state index is 12.4. The van der Waals surface area contributed by atoms with Gasteiger partial charge in [-0.3, -0.25) is 14.9 Å². The minimum Gasteiger partial charge on any atom is -0.494 e. The lowest BCUT2D eigenvalue weighted by molar-refractivity contribution is -0.384. The molecule has 0 atom stereocenters. The molecule has 1 amide bonds. The van der Waals surface area contributed by atoms with Crippen molar-refractivity contribution in [1.29, 1.82) is 0 Å². The van der Waals surface area contributed by atoms with E-state index < -0.39 is 23.4 Å². The van der Waals surface area contributed by atoms with Gasteiger partial charge in [0, 0.05) is 0 Å². The number of anilines is 1. The number of nitrogens with one attached hydrogen (secondary N) is 1. The molecule has 1 aliphatic heterocycles. The lowest BCUT2D eigenvalue weighted by atomic mass is 10.1. The summed E-state index contributed by atoms with van der Waals surface area (Å²) in [5.74, 6) is -0.251. The molecule has 31 heavy (non-hydrogen) atoms. The highest BCUT2D eigenvalue weighted by atomic mass is 16.6. The molecule has 1 N–H and O–H groups in total. The average Bonchev–Trinajstić information content (AvgIpc) is 2.77. The van der Waals surface area contributed by atoms with Crippen molar-refractivity contribution < 1.29 is 38.2 Å². The average molecular weight is 432 g/mol. The second-order valence-corrected chi connectivity index (χ2v) is 6.20. The van der Waals surface area contributed by atoms with Gasteiger partial charge in [0.1, 0.15) is 24.7 Å². The van der Waals surface area contributed by atoms with Crippen molar-refractivity contribution in [3.8, 4) is 23.0 Å². The zero-order valence-electron chi connectivity index (χ0n) is 16.8. The van der Waals surface area contributed by atoms with Crippen LogP contribution in [0.25, 0.3) is 0 Å². The van der Waals surface area contributed by atoms with Gasteiger partial charge in [0.05, 0.1) is 30.3 Å². The second-order valence-electron chi connectivity index (χ2n) is 6.20. The van der Waals surface area contributed by atoms with Gasteiger partial charge in [-0.15, -0.1) is 0 Å². The third-order valence-electron chi connectivity index (χ3n) is 4.15. The quantitative estimate of drug-likeness (QED) is 0.379. The number of carbonyl (C=O) groups is 2. The van der Waals surface area contributed by atoms with Crippen molar-refractivity contribution in [2.75, 3.05) is 38.9 Å². The van der Waals surface area contributed by atoms with Crippen LogP contribution in [-0.4, -0.2) is 50.3 Å². The molecule has 0 unspecified atom stereocenters. The van der Waals surface area contributed by atoms with Crippen molar-refractivity contribution in [2.45, 2.75) is 6.92 Å². The molecule has 0 bridgehead atoms. The molecule has 164 valence electrons. The Kier molecular flexibility index (Phi) is 6.75. The van der Waals surface area contributed by atoms with E-state index in [1.165, 1.54) is 37.4 Å². The predicted molar refractivity (Wildman–Crippen MR) is 107 cm³/mol. The van der Waals surface area contributed by atoms with Gasteiger partial charge in [0.25, 0.3) is 11.6 Å². The first-order valence-electron chi connectivity index (χ1n) is 9.28. The van der Waals surface area contributed by atoms with E-state index in [1.54, 1.807) is 6.92 Å². The van der Waals surface area contributed by atoms with Crippen LogP contribution in [0.15, 0.2) is 30.3 Å². The monoisotopic (exact) mass is 432 g/mol. The van der Waals surface area contributed by atoms with E-state index in [1.807, 2.05) is 0 Å². The van der Waals surface area contributed by atoms with Crippen molar-refractivity contribution in [3.05, 3.63) is 46.0 Å². The summed E-state index contributed by atoms with van der Waals surface area (Å²) in [5, 5.41) is 13.6. The van der Waals surface area contributed by atoms with Gasteiger partial charge in [0.2, 0.25) is 5.75 Å². The van der Waals surface area contributed by atoms with E-state index in [-0.39, 0.29) is 16.9 Å². The molecule has 0 spiro atoms. The van der Waals surface area contributed by atoms with Crippen LogP contribution < -0.4 is 24.3 Å². The van der Waals surface area contributed by atoms with E-state index in [0.29, 0.717) is 42.8 Å². The number of methoxy groups -OCH3 is 1. The maximum Gasteiger partial charge on any atom is 0.338 e. The first-order valence-corrected chi connectivity index (χ1v) is 9.28. The van der Waals surface area contributed by atoms with Gasteiger partial charge in [-0.2, -0.15) is 0 Å². The highest BCUT2D eigenvalue weighted by Crippen LogP contribution is 2.40. The molecule has 11 nitrogen and oxygen atoms in total. The van der Waals surface area contributed by atoms with Gasteiger partial charge in [-0.1, -0.05) is 0 Å². The van der Waals surface area contributed by atoms with Crippen molar-refractivity contribution in [2.24, 2.45) is 0 Å². The Morgan fingerprint density at radius 2 is 1.97 bits per heavy atom. The Hall–Kier alpha value is -4.02. The molecule has 1 heterocycles. The highest BCUT2D eigenvalue weighted by Gasteiger charge is 2.23. The van der Waals surface area contributed by atoms with Crippen LogP contribution in [-0.2, 0) is 9.53 Å². The smallest absolute Gasteiger partial charge is 0.338 e. The Morgan fingerprint density at radius 1 is 1.19 bits per heavy atom. The summed E-state index contributed by atoms with van der Waals surface area (Å²) in [4.78, 5) is 35.2. The van der Waals surface area contributed by atoms with Crippen LogP contribution in [0.5, 0.6) is 23.0 Å². The van der Waals surface area contributed by atoms with Gasteiger partial charge in [-0.05, 0) is 31.2 Å². The summed E-state index contributed by atoms with van der Waals surface area (Å²) < 4.78 is 26.4. The first-order chi connectivity index (χ1) is 14.9. The lowest BCUT2D eigenvalue weighted by Crippen LogP contribution is -2.22. The predicted octanol–water partition coefficient (Wildman–Crippen LogP) is 2.57. The molecule has 0 aromatic heterocycles. The van der Waals surface area contributed by atoms with E-state index >= 15 is 0 Å². The number of carbonyl (C=O) groups excluding carboxylic acids is 2. The van der Waals surface area contributed by atoms with Crippen LogP contribution >= 0.6 is 0 Å². The van der Waals surface area contributed by atoms with E-state index in [0.717, 1.165) is 0 Å². The summed E-state index contributed by atoms with van der Waals surface area (Å²) in [6.45, 7) is 2.10. The number of hydrogen-bond acceptors (Lipinski definition) is 9. The van der Waals surface area contributed by atoms with Crippen molar-refractivity contribution >= 4 is 23.3 Å². The molecule has 0 fully saturated rings. The molecule has 0 saturated heterocycles. The van der Waals surface area contributed by atoms with Gasteiger partial charge >= 0.3 is 5.97 Å². The number of esters is 1. The van der Waals surface area contributed by atoms with Crippen LogP contribution in [0.3, 0.4) is 0 Å². The van der Waals surface area contributed by atoms with E-state index in [4.69, 9.17) is 23.7 Å². The van der Waals surface area contributed by atoms with Crippen molar-refractivity contribution in [3.63, 3.8) is 0 Å². The number of amides is 1. The number of nitro groups is 1. The summed E-state index contributed by atoms with van der Waals surface area (Å²) >= 11 is 0. The highest BCUT2D eigenvalue weighted by molar-refractivity contribution is 5.97. The second kappa shape index (κ2) is 9.65. The Morgan fingerprint density at radius 3 is 2.68 bits per heavy atom. The summed E-state index contributed by atoms with van der Waals surface area (Å²) in [6.07, 6.45) is 0. The van der Waals surface area contributed by atoms with Crippen LogP contribution in [0, 0.1) is 10.1 Å². The molecule has 0 saturated carbocycles. The minimum absolute atomic E-state index is 0.0458. The fraction of sp³-hybridized carbons (Fsp3) is 0.300. The minimum atomic E-state index is -0.799. The van der Waals surface area contributed by atoms with Gasteiger partial charge < -0.3 is 29.0 Å². The normalized spacial score (nSPS) is 11.9. The zero-order chi connectivity index (χ0) is 22.4. The molecular weight excluding hydrogens is 412 g/mol. The first kappa shape index (κ1) is 21.7. The zero-order valence-corrected chi connectivity index (χ0v) is 16.8. The van der Waals surface area contributed by atoms with E-state index in [2.05, 4.69) is 5.32 Å². The van der Waals surface area contributed by atoms with Gasteiger partial charge in [-0.25, -0.2) is 4.79 Å². The van der Waals surface area contributed by atoms with Crippen LogP contribution in [0.4, 0.5) is 11.4 Å². The summed E-state index contributed by atoms with van der Waals surface area (Å²) in [7, 11) is 1.42. The van der Waals surface area contributed by atoms with E-state index in [9.17, 15) is 19.7 Å². The third-order valence-corrected chi connectivity index (χ3v) is 4.15. The van der Waals surface area contributed by atoms with Crippen molar-refractivity contribution in [1.82, 2.24) is 0 Å². The summed E-state index contributed by atoms with van der Waals surface area (Å²) in [5.41, 5.74) is -0.293. The number of nitro benzene ring substituents is 1. The topological polar surface area (TPSA) is 135 Å². The Bertz CT molecular complexity index is 989. The Labute approximate surface area is 176 Å². The molecule has 3 rings (SSSR count). The number of benzene rings is 2. The number of rotatable bonds is 8. The van der Waals surface area contributed by atoms with Crippen LogP contribution in [0.2, 0.25) is 0 Å². The molecule has 2 aromatic rings. The fourth-order valence-electron chi connectivity index (χ4n) is 2.82. The molecule has 0 aliphatic carbocycles. The number of ether oxygens (including phenoxy) is 5. The maximum absolute atomic E-state index is 12.4. The van der Waals surface area contributed by atoms with Gasteiger partial charge in [0.15, 0.2) is 18.1 Å². The Balaban J connectivity index is 1.66.